The second kappa shape index (κ2) is 4.61. The van der Waals surface area contributed by atoms with E-state index in [-0.39, 0.29) is 25.0 Å². The van der Waals surface area contributed by atoms with Gasteiger partial charge >= 0.3 is 0 Å². The Morgan fingerprint density at radius 3 is 2.25 bits per heavy atom. The molecule has 1 aromatic heterocycles. The van der Waals surface area contributed by atoms with Crippen LogP contribution >= 0.6 is 0 Å². The largest absolute Gasteiger partial charge is 0.412 e. The maximum absolute atomic E-state index is 4.96. The summed E-state index contributed by atoms with van der Waals surface area (Å²) in [5.41, 5.74) is 0. The first-order chi connectivity index (χ1) is 2.89. The van der Waals surface area contributed by atoms with Crippen molar-refractivity contribution in [3.05, 3.63) is 6.33 Å². The number of tetrazole rings is 1. The van der Waals surface area contributed by atoms with Gasteiger partial charge in [0.05, 0.1) is 0 Å². The van der Waals surface area contributed by atoms with E-state index in [0.717, 1.165) is 4.79 Å². The van der Waals surface area contributed by atoms with Gasteiger partial charge in [-0.1, -0.05) is 0 Å². The Morgan fingerprint density at radius 2 is 2.12 bits per heavy atom. The van der Waals surface area contributed by atoms with Crippen molar-refractivity contribution in [3.63, 3.8) is 0 Å². The predicted octanol–water partition coefficient (Wildman–Crippen LogP) is -2.44. The third kappa shape index (κ3) is 2.60. The average molecular weight is 168 g/mol. The van der Waals surface area contributed by atoms with E-state index in [1.54, 1.807) is 0 Å². The second-order valence-corrected chi connectivity index (χ2v) is 0.790. The van der Waals surface area contributed by atoms with Crippen LogP contribution in [0.25, 0.3) is 0 Å². The van der Waals surface area contributed by atoms with Gasteiger partial charge in [-0.15, -0.1) is 9.89 Å². The minimum Gasteiger partial charge on any atom is -0.412 e. The molecule has 0 unspecified atom stereocenters. The van der Waals surface area contributed by atoms with E-state index in [1.807, 2.05) is 0 Å². The van der Waals surface area contributed by atoms with Crippen LogP contribution in [-0.4, -0.2) is 25.8 Å². The molecular formula is CH5N5OZn. The SMILES string of the molecule is Nn1cnnn1.O.[Zn]. The van der Waals surface area contributed by atoms with Gasteiger partial charge < -0.3 is 11.3 Å². The van der Waals surface area contributed by atoms with Crippen LogP contribution in [0, 0.1) is 0 Å². The van der Waals surface area contributed by atoms with Crippen LogP contribution in [-0.2, 0) is 19.5 Å². The van der Waals surface area contributed by atoms with Crippen molar-refractivity contribution in [2.75, 3.05) is 5.84 Å². The van der Waals surface area contributed by atoms with Crippen LogP contribution in [0.4, 0.5) is 0 Å². The summed E-state index contributed by atoms with van der Waals surface area (Å²) < 4.78 is 0. The first-order valence-corrected chi connectivity index (χ1v) is 1.37. The summed E-state index contributed by atoms with van der Waals surface area (Å²) >= 11 is 0. The van der Waals surface area contributed by atoms with Gasteiger partial charge in [-0.3, -0.25) is 0 Å². The van der Waals surface area contributed by atoms with E-state index in [2.05, 4.69) is 15.5 Å². The molecule has 1 rings (SSSR count). The summed E-state index contributed by atoms with van der Waals surface area (Å²) in [6, 6.07) is 0. The first kappa shape index (κ1) is 10.4. The molecule has 8 heavy (non-hydrogen) atoms. The van der Waals surface area contributed by atoms with Crippen molar-refractivity contribution >= 4 is 0 Å². The van der Waals surface area contributed by atoms with Crippen molar-refractivity contribution in [2.24, 2.45) is 0 Å². The van der Waals surface area contributed by atoms with Gasteiger partial charge in [0.15, 0.2) is 6.33 Å². The number of rotatable bonds is 0. The molecule has 6 nitrogen and oxygen atoms in total. The van der Waals surface area contributed by atoms with Gasteiger partial charge in [-0.25, -0.2) is 0 Å². The number of hydrogen-bond acceptors (Lipinski definition) is 4. The van der Waals surface area contributed by atoms with Gasteiger partial charge in [0.1, 0.15) is 0 Å². The van der Waals surface area contributed by atoms with E-state index in [0.29, 0.717) is 0 Å². The predicted molar refractivity (Wildman–Crippen MR) is 21.6 cm³/mol. The van der Waals surface area contributed by atoms with Crippen LogP contribution in [0.15, 0.2) is 6.33 Å². The molecule has 0 atom stereocenters. The maximum Gasteiger partial charge on any atom is 0.161 e. The summed E-state index contributed by atoms with van der Waals surface area (Å²) in [6.45, 7) is 0. The smallest absolute Gasteiger partial charge is 0.161 e. The molecule has 0 amide bonds. The van der Waals surface area contributed by atoms with Crippen LogP contribution in [0.1, 0.15) is 0 Å². The van der Waals surface area contributed by atoms with E-state index >= 15 is 0 Å². The monoisotopic (exact) mass is 167 g/mol. The first-order valence-electron chi connectivity index (χ1n) is 1.37. The quantitative estimate of drug-likeness (QED) is 0.343. The van der Waals surface area contributed by atoms with Crippen molar-refractivity contribution in [2.45, 2.75) is 0 Å². The van der Waals surface area contributed by atoms with Gasteiger partial charge in [-0.2, -0.15) is 0 Å². The molecule has 0 aliphatic rings. The van der Waals surface area contributed by atoms with Gasteiger partial charge in [0.2, 0.25) is 0 Å². The van der Waals surface area contributed by atoms with Crippen molar-refractivity contribution < 1.29 is 25.0 Å². The molecule has 0 spiro atoms. The molecule has 0 aliphatic carbocycles. The fourth-order valence-corrected chi connectivity index (χ4v) is 0.168. The van der Waals surface area contributed by atoms with Crippen molar-refractivity contribution in [1.82, 2.24) is 20.3 Å². The Bertz CT molecular complexity index is 116. The third-order valence-corrected chi connectivity index (χ3v) is 0.365. The summed E-state index contributed by atoms with van der Waals surface area (Å²) in [7, 11) is 0. The standard InChI is InChI=1S/CH3N5.H2O.Zn/c2-6-1-3-4-5-6;;/h1H,2H2;1H2;. The fraction of sp³-hybridized carbons (Fsp3) is 0. The minimum absolute atomic E-state index is 0. The molecule has 0 fully saturated rings. The molecule has 0 radical (unpaired) electrons. The van der Waals surface area contributed by atoms with E-state index in [1.165, 1.54) is 6.33 Å². The van der Waals surface area contributed by atoms with Gasteiger partial charge in [0.25, 0.3) is 0 Å². The fourth-order valence-electron chi connectivity index (χ4n) is 0.168. The zero-order chi connectivity index (χ0) is 4.41. The van der Waals surface area contributed by atoms with Crippen LogP contribution in [0.3, 0.4) is 0 Å². The minimum atomic E-state index is 0. The molecule has 7 heteroatoms. The Morgan fingerprint density at radius 1 is 1.50 bits per heavy atom. The number of nitrogens with zero attached hydrogens (tertiary/aromatic N) is 4. The number of hydrogen-bond donors (Lipinski definition) is 1. The summed E-state index contributed by atoms with van der Waals surface area (Å²) in [5, 5.41) is 9.71. The maximum atomic E-state index is 4.96. The summed E-state index contributed by atoms with van der Waals surface area (Å²) in [4.78, 5) is 1.03. The molecule has 42 valence electrons. The van der Waals surface area contributed by atoms with Crippen LogP contribution in [0.5, 0.6) is 0 Å². The van der Waals surface area contributed by atoms with Crippen molar-refractivity contribution in [3.8, 4) is 0 Å². The van der Waals surface area contributed by atoms with Crippen LogP contribution < -0.4 is 5.84 Å². The molecule has 0 bridgehead atoms. The average Bonchev–Trinajstić information content (AvgIpc) is 1.86. The number of nitrogens with two attached hydrogens (primary N) is 1. The molecule has 0 saturated heterocycles. The third-order valence-electron chi connectivity index (χ3n) is 0.365. The molecule has 4 N–H and O–H groups in total. The van der Waals surface area contributed by atoms with E-state index in [9.17, 15) is 0 Å². The Labute approximate surface area is 58.1 Å². The van der Waals surface area contributed by atoms with Gasteiger partial charge in [-0.05, 0) is 10.4 Å². The van der Waals surface area contributed by atoms with E-state index < -0.39 is 0 Å². The Hall–Kier alpha value is -0.547. The summed E-state index contributed by atoms with van der Waals surface area (Å²) in [6.07, 6.45) is 1.31. The zero-order valence-electron chi connectivity index (χ0n) is 4.15. The van der Waals surface area contributed by atoms with E-state index in [4.69, 9.17) is 5.84 Å². The second-order valence-electron chi connectivity index (χ2n) is 0.790. The Balaban J connectivity index is 0. The zero-order valence-corrected chi connectivity index (χ0v) is 7.12. The molecule has 1 aromatic rings. The number of nitrogen functional groups attached to an aromatic ring is 1. The summed E-state index contributed by atoms with van der Waals surface area (Å²) in [5.74, 6) is 4.96. The molecule has 1 heterocycles. The molecule has 0 aromatic carbocycles. The Kier molecular flexibility index (Phi) is 6.01. The molecule has 0 saturated carbocycles. The molecular weight excluding hydrogens is 163 g/mol. The van der Waals surface area contributed by atoms with Gasteiger partial charge in [0, 0.05) is 19.5 Å². The van der Waals surface area contributed by atoms with Crippen LogP contribution in [0.2, 0.25) is 0 Å². The van der Waals surface area contributed by atoms with Crippen molar-refractivity contribution in [1.29, 1.82) is 0 Å². The number of aromatic nitrogens is 4. The molecule has 0 aliphatic heterocycles. The normalized spacial score (nSPS) is 6.50. The topological polar surface area (TPSA) is 101 Å².